The van der Waals surface area contributed by atoms with E-state index in [4.69, 9.17) is 4.74 Å². The molecule has 2 rings (SSSR count). The quantitative estimate of drug-likeness (QED) is 0.761. The van der Waals surface area contributed by atoms with Gasteiger partial charge in [0, 0.05) is 18.1 Å². The van der Waals surface area contributed by atoms with Crippen molar-refractivity contribution in [2.75, 3.05) is 0 Å². The number of ketones is 2. The molecule has 0 aliphatic heterocycles. The minimum Gasteiger partial charge on any atom is -0.507 e. The van der Waals surface area contributed by atoms with E-state index in [1.807, 2.05) is 0 Å². The van der Waals surface area contributed by atoms with Gasteiger partial charge in [-0.2, -0.15) is 0 Å². The summed E-state index contributed by atoms with van der Waals surface area (Å²) in [4.78, 5) is 35.0. The monoisotopic (exact) mass is 246 g/mol. The minimum absolute atomic E-state index is 0.0632. The van der Waals surface area contributed by atoms with Gasteiger partial charge < -0.3 is 9.84 Å². The summed E-state index contributed by atoms with van der Waals surface area (Å²) in [5.74, 6) is -2.40. The van der Waals surface area contributed by atoms with Crippen LogP contribution in [0.2, 0.25) is 0 Å². The van der Waals surface area contributed by atoms with Crippen LogP contribution in [0, 0.1) is 0 Å². The van der Waals surface area contributed by atoms with Crippen LogP contribution in [0.15, 0.2) is 29.5 Å². The Bertz CT molecular complexity index is 610. The molecule has 0 saturated heterocycles. The second-order valence-corrected chi connectivity index (χ2v) is 3.91. The molecule has 0 amide bonds. The molecule has 0 unspecified atom stereocenters. The lowest BCUT2D eigenvalue weighted by atomic mass is 9.88. The molecular weight excluding hydrogens is 236 g/mol. The molecule has 1 aromatic carbocycles. The van der Waals surface area contributed by atoms with Crippen molar-refractivity contribution in [1.29, 1.82) is 0 Å². The highest BCUT2D eigenvalue weighted by atomic mass is 16.5. The third-order valence-electron chi connectivity index (χ3n) is 2.65. The Morgan fingerprint density at radius 3 is 2.50 bits per heavy atom. The molecule has 5 heteroatoms. The van der Waals surface area contributed by atoms with Crippen LogP contribution in [0.5, 0.6) is 5.75 Å². The Morgan fingerprint density at radius 2 is 1.89 bits per heavy atom. The number of fused-ring (bicyclic) bond motifs is 1. The third kappa shape index (κ3) is 1.69. The Kier molecular flexibility index (Phi) is 2.74. The van der Waals surface area contributed by atoms with Crippen LogP contribution in [-0.4, -0.2) is 22.6 Å². The van der Waals surface area contributed by atoms with Crippen molar-refractivity contribution in [1.82, 2.24) is 0 Å². The first-order valence-electron chi connectivity index (χ1n) is 5.24. The first kappa shape index (κ1) is 12.0. The molecule has 0 fully saturated rings. The van der Waals surface area contributed by atoms with Gasteiger partial charge in [0.1, 0.15) is 5.75 Å². The summed E-state index contributed by atoms with van der Waals surface area (Å²) < 4.78 is 4.76. The zero-order valence-electron chi connectivity index (χ0n) is 9.81. The van der Waals surface area contributed by atoms with Gasteiger partial charge in [-0.15, -0.1) is 0 Å². The van der Waals surface area contributed by atoms with Gasteiger partial charge in [-0.05, 0) is 13.0 Å². The molecule has 5 nitrogen and oxygen atoms in total. The normalized spacial score (nSPS) is 14.6. The molecule has 0 radical (unpaired) electrons. The average molecular weight is 246 g/mol. The Labute approximate surface area is 103 Å². The van der Waals surface area contributed by atoms with Crippen LogP contribution in [0.25, 0.3) is 0 Å². The van der Waals surface area contributed by atoms with E-state index in [9.17, 15) is 19.5 Å². The number of aromatic hydroxyl groups is 1. The predicted molar refractivity (Wildman–Crippen MR) is 61.2 cm³/mol. The number of rotatable bonds is 1. The minimum atomic E-state index is -0.690. The highest BCUT2D eigenvalue weighted by Gasteiger charge is 2.34. The molecule has 0 bridgehead atoms. The fourth-order valence-corrected chi connectivity index (χ4v) is 1.82. The van der Waals surface area contributed by atoms with Crippen LogP contribution in [0.3, 0.4) is 0 Å². The predicted octanol–water partition coefficient (Wildman–Crippen LogP) is 1.61. The first-order chi connectivity index (χ1) is 8.43. The Balaban J connectivity index is 2.64. The van der Waals surface area contributed by atoms with Gasteiger partial charge in [0.2, 0.25) is 5.78 Å². The van der Waals surface area contributed by atoms with Crippen molar-refractivity contribution in [3.63, 3.8) is 0 Å². The number of ether oxygens (including phenoxy) is 1. The molecule has 92 valence electrons. The highest BCUT2D eigenvalue weighted by molar-refractivity contribution is 6.27. The maximum absolute atomic E-state index is 12.1. The topological polar surface area (TPSA) is 80.7 Å². The van der Waals surface area contributed by atoms with Gasteiger partial charge >= 0.3 is 5.97 Å². The molecule has 1 aromatic rings. The molecule has 0 saturated carbocycles. The lowest BCUT2D eigenvalue weighted by Crippen LogP contribution is -2.23. The van der Waals surface area contributed by atoms with E-state index in [-0.39, 0.29) is 28.2 Å². The van der Waals surface area contributed by atoms with Crippen molar-refractivity contribution in [3.8, 4) is 5.75 Å². The fraction of sp³-hybridized carbons (Fsp3) is 0.154. The number of hydrogen-bond donors (Lipinski definition) is 1. The zero-order chi connectivity index (χ0) is 13.4. The van der Waals surface area contributed by atoms with Crippen molar-refractivity contribution in [3.05, 3.63) is 40.7 Å². The van der Waals surface area contributed by atoms with Gasteiger partial charge in [0.25, 0.3) is 0 Å². The maximum atomic E-state index is 12.1. The lowest BCUT2D eigenvalue weighted by Gasteiger charge is -2.18. The van der Waals surface area contributed by atoms with Crippen molar-refractivity contribution in [2.24, 2.45) is 0 Å². The van der Waals surface area contributed by atoms with Gasteiger partial charge in [-0.1, -0.05) is 12.1 Å². The van der Waals surface area contributed by atoms with Crippen LogP contribution in [-0.2, 0) is 9.53 Å². The van der Waals surface area contributed by atoms with Gasteiger partial charge in [0.15, 0.2) is 11.5 Å². The molecule has 0 heterocycles. The first-order valence-corrected chi connectivity index (χ1v) is 5.24. The summed E-state index contributed by atoms with van der Waals surface area (Å²) in [7, 11) is 0. The van der Waals surface area contributed by atoms with E-state index < -0.39 is 17.5 Å². The zero-order valence-corrected chi connectivity index (χ0v) is 9.81. The summed E-state index contributed by atoms with van der Waals surface area (Å²) in [5, 5.41) is 9.65. The Morgan fingerprint density at radius 1 is 1.22 bits per heavy atom. The number of Topliss-reactive ketones (excluding diaryl/α,β-unsaturated/α-hetero) is 2. The van der Waals surface area contributed by atoms with Crippen molar-refractivity contribution >= 4 is 17.5 Å². The lowest BCUT2D eigenvalue weighted by molar-refractivity contribution is -0.136. The van der Waals surface area contributed by atoms with E-state index in [0.29, 0.717) is 0 Å². The maximum Gasteiger partial charge on any atom is 0.308 e. The van der Waals surface area contributed by atoms with E-state index in [2.05, 4.69) is 0 Å². The van der Waals surface area contributed by atoms with Crippen LogP contribution in [0.1, 0.15) is 34.6 Å². The molecule has 0 spiro atoms. The molecule has 1 N–H and O–H groups in total. The van der Waals surface area contributed by atoms with Crippen LogP contribution in [0.4, 0.5) is 0 Å². The number of allylic oxidation sites excluding steroid dienone is 2. The van der Waals surface area contributed by atoms with Crippen LogP contribution < -0.4 is 0 Å². The van der Waals surface area contributed by atoms with Crippen molar-refractivity contribution < 1.29 is 24.2 Å². The van der Waals surface area contributed by atoms with Gasteiger partial charge in [-0.25, -0.2) is 0 Å². The number of benzene rings is 1. The third-order valence-corrected chi connectivity index (χ3v) is 2.65. The number of esters is 1. The Hall–Kier alpha value is -2.43. The number of carbonyl (C=O) groups is 3. The molecule has 18 heavy (non-hydrogen) atoms. The summed E-state index contributed by atoms with van der Waals surface area (Å²) >= 11 is 0. The fourth-order valence-electron chi connectivity index (χ4n) is 1.82. The summed E-state index contributed by atoms with van der Waals surface area (Å²) in [6.07, 6.45) is 0. The van der Waals surface area contributed by atoms with E-state index in [0.717, 1.165) is 6.92 Å². The number of phenols is 1. The van der Waals surface area contributed by atoms with Crippen molar-refractivity contribution in [2.45, 2.75) is 13.8 Å². The second kappa shape index (κ2) is 4.10. The summed E-state index contributed by atoms with van der Waals surface area (Å²) in [5.41, 5.74) is 0.0612. The molecular formula is C13H10O5. The van der Waals surface area contributed by atoms with E-state index >= 15 is 0 Å². The summed E-state index contributed by atoms with van der Waals surface area (Å²) in [6, 6.07) is 4.23. The van der Waals surface area contributed by atoms with Gasteiger partial charge in [0.05, 0.1) is 5.56 Å². The van der Waals surface area contributed by atoms with Crippen LogP contribution >= 0.6 is 0 Å². The standard InChI is InChI=1S/C13H10O5/c1-6-11(16)8-4-3-5-9(15)10(8)12(17)13(6)18-7(2)14/h3-5,15H,1-2H3. The number of carbonyl (C=O) groups excluding carboxylic acids is 3. The number of phenolic OH excluding ortho intramolecular Hbond substituents is 1. The SMILES string of the molecule is CC(=O)OC1=C(C)C(=O)c2cccc(O)c2C1=O. The summed E-state index contributed by atoms with van der Waals surface area (Å²) in [6.45, 7) is 2.55. The smallest absolute Gasteiger partial charge is 0.308 e. The number of hydrogen-bond acceptors (Lipinski definition) is 5. The average Bonchev–Trinajstić information content (AvgIpc) is 2.31. The molecule has 1 aliphatic carbocycles. The second-order valence-electron chi connectivity index (χ2n) is 3.91. The van der Waals surface area contributed by atoms with E-state index in [1.54, 1.807) is 0 Å². The largest absolute Gasteiger partial charge is 0.507 e. The van der Waals surface area contributed by atoms with Gasteiger partial charge in [-0.3, -0.25) is 14.4 Å². The molecule has 0 atom stereocenters. The van der Waals surface area contributed by atoms with E-state index in [1.165, 1.54) is 25.1 Å². The molecule has 1 aliphatic rings. The molecule has 0 aromatic heterocycles. The highest BCUT2D eigenvalue weighted by Crippen LogP contribution is 2.32.